The maximum absolute atomic E-state index is 4.22. The summed E-state index contributed by atoms with van der Waals surface area (Å²) in [5.74, 6) is 0.959. The number of aryl methyl sites for hydroxylation is 2. The Balaban J connectivity index is -0.000000147. The second kappa shape index (κ2) is 19.5. The molecule has 0 amide bonds. The predicted molar refractivity (Wildman–Crippen MR) is 118 cm³/mol. The van der Waals surface area contributed by atoms with Crippen molar-refractivity contribution >= 4 is 0 Å². The van der Waals surface area contributed by atoms with E-state index in [1.807, 2.05) is 59.9 Å². The highest BCUT2D eigenvalue weighted by Gasteiger charge is 1.99. The van der Waals surface area contributed by atoms with Gasteiger partial charge in [-0.25, -0.2) is 0 Å². The van der Waals surface area contributed by atoms with Gasteiger partial charge < -0.3 is 0 Å². The van der Waals surface area contributed by atoms with E-state index in [2.05, 4.69) is 47.9 Å². The third-order valence-corrected chi connectivity index (χ3v) is 2.80. The average Bonchev–Trinajstić information content (AvgIpc) is 2.60. The van der Waals surface area contributed by atoms with Gasteiger partial charge >= 0.3 is 0 Å². The lowest BCUT2D eigenvalue weighted by molar-refractivity contribution is 0.777. The van der Waals surface area contributed by atoms with Crippen LogP contribution >= 0.6 is 0 Å². The third-order valence-electron chi connectivity index (χ3n) is 2.80. The van der Waals surface area contributed by atoms with Gasteiger partial charge in [-0.15, -0.1) is 0 Å². The van der Waals surface area contributed by atoms with Gasteiger partial charge in [0.1, 0.15) is 0 Å². The smallest absolute Gasteiger partial charge is 0.0656 e. The van der Waals surface area contributed by atoms with Crippen LogP contribution in [0.5, 0.6) is 0 Å². The van der Waals surface area contributed by atoms with Crippen molar-refractivity contribution in [2.24, 2.45) is 0 Å². The standard InChI is InChI=1S/2C8H12N2.2C2H6.2CH4/c1-6(2)8-5-9-7(3)4-10-8;1-6(2)8-5-4-7(3)9-10-8;2*1-2;;/h2*4-6H,1-3H3;2*1-2H3;2*1H4. The first-order chi connectivity index (χ1) is 11.4. The maximum atomic E-state index is 4.22. The highest BCUT2D eigenvalue weighted by atomic mass is 15.1. The molecular formula is C22H44N4. The molecule has 0 bridgehead atoms. The molecule has 152 valence electrons. The van der Waals surface area contributed by atoms with Crippen LogP contribution in [0.2, 0.25) is 0 Å². The van der Waals surface area contributed by atoms with Gasteiger partial charge in [-0.1, -0.05) is 70.2 Å². The van der Waals surface area contributed by atoms with Crippen LogP contribution in [-0.4, -0.2) is 20.2 Å². The van der Waals surface area contributed by atoms with Crippen molar-refractivity contribution in [2.75, 3.05) is 0 Å². The Kier molecular flexibility index (Phi) is 23.9. The molecule has 0 saturated heterocycles. The van der Waals surface area contributed by atoms with E-state index < -0.39 is 0 Å². The zero-order valence-corrected chi connectivity index (χ0v) is 17.3. The Bertz CT molecular complexity index is 453. The van der Waals surface area contributed by atoms with Gasteiger partial charge in [-0.3, -0.25) is 9.97 Å². The van der Waals surface area contributed by atoms with Crippen LogP contribution in [-0.2, 0) is 0 Å². The zero-order chi connectivity index (χ0) is 19.1. The number of hydrogen-bond acceptors (Lipinski definition) is 4. The van der Waals surface area contributed by atoms with E-state index in [9.17, 15) is 0 Å². The summed E-state index contributed by atoms with van der Waals surface area (Å²) in [5, 5.41) is 7.98. The summed E-state index contributed by atoms with van der Waals surface area (Å²) in [4.78, 5) is 8.35. The molecule has 4 heteroatoms. The van der Waals surface area contributed by atoms with Crippen molar-refractivity contribution in [2.45, 2.75) is 95.9 Å². The number of nitrogens with zero attached hydrogens (tertiary/aromatic N) is 4. The largest absolute Gasteiger partial charge is 0.258 e. The average molecular weight is 365 g/mol. The Morgan fingerprint density at radius 2 is 1.12 bits per heavy atom. The zero-order valence-electron chi connectivity index (χ0n) is 17.3. The van der Waals surface area contributed by atoms with Crippen LogP contribution in [0.1, 0.15) is 105 Å². The van der Waals surface area contributed by atoms with Gasteiger partial charge in [0.05, 0.1) is 22.8 Å². The van der Waals surface area contributed by atoms with Crippen LogP contribution in [0.25, 0.3) is 0 Å². The van der Waals surface area contributed by atoms with Crippen molar-refractivity contribution in [1.82, 2.24) is 20.2 Å². The molecule has 0 fully saturated rings. The van der Waals surface area contributed by atoms with Gasteiger partial charge in [0.15, 0.2) is 0 Å². The molecule has 0 aliphatic heterocycles. The summed E-state index contributed by atoms with van der Waals surface area (Å²) < 4.78 is 0. The summed E-state index contributed by atoms with van der Waals surface area (Å²) in [7, 11) is 0. The number of rotatable bonds is 2. The van der Waals surface area contributed by atoms with Crippen molar-refractivity contribution in [3.05, 3.63) is 47.3 Å². The summed E-state index contributed by atoms with van der Waals surface area (Å²) in [6, 6.07) is 4.01. The molecule has 0 aromatic carbocycles. The van der Waals surface area contributed by atoms with E-state index in [-0.39, 0.29) is 14.9 Å². The van der Waals surface area contributed by atoms with E-state index in [0.29, 0.717) is 11.8 Å². The van der Waals surface area contributed by atoms with E-state index >= 15 is 0 Å². The minimum absolute atomic E-state index is 0. The van der Waals surface area contributed by atoms with Gasteiger partial charge in [0.25, 0.3) is 0 Å². The highest BCUT2D eigenvalue weighted by molar-refractivity contribution is 5.08. The summed E-state index contributed by atoms with van der Waals surface area (Å²) >= 11 is 0. The molecule has 0 saturated carbocycles. The van der Waals surface area contributed by atoms with Gasteiger partial charge in [-0.05, 0) is 37.8 Å². The Hall–Kier alpha value is -1.84. The fourth-order valence-corrected chi connectivity index (χ4v) is 1.42. The maximum Gasteiger partial charge on any atom is 0.0656 e. The molecule has 0 aliphatic carbocycles. The molecule has 0 atom stereocenters. The van der Waals surface area contributed by atoms with Crippen LogP contribution in [0, 0.1) is 13.8 Å². The van der Waals surface area contributed by atoms with Gasteiger partial charge in [-0.2, -0.15) is 10.2 Å². The van der Waals surface area contributed by atoms with Crippen LogP contribution in [0.4, 0.5) is 0 Å². The van der Waals surface area contributed by atoms with Crippen LogP contribution in [0.3, 0.4) is 0 Å². The number of aromatic nitrogens is 4. The summed E-state index contributed by atoms with van der Waals surface area (Å²) in [5.41, 5.74) is 4.07. The number of hydrogen-bond donors (Lipinski definition) is 0. The predicted octanol–water partition coefficient (Wildman–Crippen LogP) is 7.14. The molecule has 0 aliphatic rings. The fourth-order valence-electron chi connectivity index (χ4n) is 1.42. The lowest BCUT2D eigenvalue weighted by Gasteiger charge is -2.01. The fraction of sp³-hybridized carbons (Fsp3) is 0.636. The molecule has 2 heterocycles. The Labute approximate surface area is 163 Å². The molecule has 0 radical (unpaired) electrons. The monoisotopic (exact) mass is 364 g/mol. The van der Waals surface area contributed by atoms with Crippen LogP contribution < -0.4 is 0 Å². The van der Waals surface area contributed by atoms with E-state index in [4.69, 9.17) is 0 Å². The first-order valence-electron chi connectivity index (χ1n) is 8.99. The van der Waals surface area contributed by atoms with Crippen molar-refractivity contribution < 1.29 is 0 Å². The molecule has 2 aromatic rings. The Morgan fingerprint density at radius 3 is 1.42 bits per heavy atom. The lowest BCUT2D eigenvalue weighted by atomic mass is 10.1. The first kappa shape index (κ1) is 31.9. The Morgan fingerprint density at radius 1 is 0.615 bits per heavy atom. The quantitative estimate of drug-likeness (QED) is 0.568. The third kappa shape index (κ3) is 14.5. The highest BCUT2D eigenvalue weighted by Crippen LogP contribution is 2.09. The normalized spacial score (nSPS) is 8.46. The second-order valence-electron chi connectivity index (χ2n) is 5.49. The van der Waals surface area contributed by atoms with Crippen molar-refractivity contribution in [3.8, 4) is 0 Å². The summed E-state index contributed by atoms with van der Waals surface area (Å²) in [6.45, 7) is 20.3. The molecule has 26 heavy (non-hydrogen) atoms. The van der Waals surface area contributed by atoms with E-state index in [1.54, 1.807) is 6.20 Å². The van der Waals surface area contributed by atoms with Gasteiger partial charge in [0.2, 0.25) is 0 Å². The van der Waals surface area contributed by atoms with E-state index in [0.717, 1.165) is 22.8 Å². The molecule has 0 spiro atoms. The molecule has 2 rings (SSSR count). The topological polar surface area (TPSA) is 51.6 Å². The van der Waals surface area contributed by atoms with Crippen molar-refractivity contribution in [3.63, 3.8) is 0 Å². The second-order valence-corrected chi connectivity index (χ2v) is 5.49. The minimum atomic E-state index is 0. The molecule has 0 N–H and O–H groups in total. The SMILES string of the molecule is C.C.CC.CC.Cc1ccc(C(C)C)nn1.Cc1cnc(C(C)C)cn1. The molecule has 2 aromatic heterocycles. The molecular weight excluding hydrogens is 320 g/mol. The van der Waals surface area contributed by atoms with Crippen LogP contribution in [0.15, 0.2) is 24.5 Å². The van der Waals surface area contributed by atoms with E-state index in [1.165, 1.54) is 0 Å². The molecule has 4 nitrogen and oxygen atoms in total. The summed E-state index contributed by atoms with van der Waals surface area (Å²) in [6.07, 6.45) is 3.63. The van der Waals surface area contributed by atoms with Crippen molar-refractivity contribution in [1.29, 1.82) is 0 Å². The van der Waals surface area contributed by atoms with Gasteiger partial charge in [0, 0.05) is 12.4 Å². The first-order valence-corrected chi connectivity index (χ1v) is 8.99. The molecule has 0 unspecified atom stereocenters. The lowest BCUT2D eigenvalue weighted by Crippen LogP contribution is -1.95. The minimum Gasteiger partial charge on any atom is -0.258 e.